The maximum atomic E-state index is 10.5. The molecule has 0 aliphatic carbocycles. The summed E-state index contributed by atoms with van der Waals surface area (Å²) in [5, 5.41) is 0. The Labute approximate surface area is 76.4 Å². The van der Waals surface area contributed by atoms with Gasteiger partial charge in [-0.25, -0.2) is 0 Å². The molecule has 0 radical (unpaired) electrons. The molecule has 0 spiro atoms. The van der Waals surface area contributed by atoms with Crippen LogP contribution < -0.4 is 4.18 Å². The lowest BCUT2D eigenvalue weighted by Gasteiger charge is -2.00. The second kappa shape index (κ2) is 3.12. The molecule has 0 saturated carbocycles. The van der Waals surface area contributed by atoms with Crippen LogP contribution in [0.4, 0.5) is 0 Å². The minimum absolute atomic E-state index is 0.0673. The Morgan fingerprint density at radius 3 is 2.33 bits per heavy atom. The average molecular weight is 192 g/mol. The van der Waals surface area contributed by atoms with Gasteiger partial charge in [0.25, 0.3) is 0 Å². The SMILES string of the molecule is [2H]c1c([2H])c(OS(=O)(=O)O)c([2H])c([2H])c1C. The third kappa shape index (κ3) is 2.89. The molecule has 0 saturated heterocycles. The summed E-state index contributed by atoms with van der Waals surface area (Å²) in [5.74, 6) is -0.817. The lowest BCUT2D eigenvalue weighted by Crippen LogP contribution is -2.06. The van der Waals surface area contributed by atoms with Crippen molar-refractivity contribution in [2.75, 3.05) is 0 Å². The quantitative estimate of drug-likeness (QED) is 0.714. The Bertz CT molecular complexity index is 511. The Morgan fingerprint density at radius 2 is 1.92 bits per heavy atom. The Morgan fingerprint density at radius 1 is 1.42 bits per heavy atom. The van der Waals surface area contributed by atoms with E-state index in [0.29, 0.717) is 0 Å². The zero-order valence-electron chi connectivity index (χ0n) is 10.1. The number of hydrogen-bond donors (Lipinski definition) is 1. The van der Waals surface area contributed by atoms with Crippen molar-refractivity contribution in [3.63, 3.8) is 0 Å². The smallest absolute Gasteiger partial charge is 0.362 e. The molecule has 1 aromatic rings. The zero-order chi connectivity index (χ0) is 12.7. The van der Waals surface area contributed by atoms with E-state index in [-0.39, 0.29) is 5.56 Å². The predicted octanol–water partition coefficient (Wildman–Crippen LogP) is 1.18. The highest BCUT2D eigenvalue weighted by molar-refractivity contribution is 7.81. The van der Waals surface area contributed by atoms with E-state index in [0.717, 1.165) is 0 Å². The molecule has 1 N–H and O–H groups in total. The minimum Gasteiger partial charge on any atom is -0.362 e. The molecule has 0 aliphatic rings. The second-order valence-electron chi connectivity index (χ2n) is 1.97. The third-order valence-electron chi connectivity index (χ3n) is 0.916. The fourth-order valence-electron chi connectivity index (χ4n) is 0.511. The van der Waals surface area contributed by atoms with Crippen LogP contribution in [0.25, 0.3) is 0 Å². The minimum atomic E-state index is -4.88. The van der Waals surface area contributed by atoms with Crippen molar-refractivity contribution in [1.29, 1.82) is 0 Å². The maximum absolute atomic E-state index is 10.5. The summed E-state index contributed by atoms with van der Waals surface area (Å²) < 4.78 is 62.8. The zero-order valence-corrected chi connectivity index (χ0v) is 6.90. The van der Waals surface area contributed by atoms with Gasteiger partial charge in [0.1, 0.15) is 5.75 Å². The van der Waals surface area contributed by atoms with E-state index in [9.17, 15) is 8.42 Å². The van der Waals surface area contributed by atoms with Crippen molar-refractivity contribution in [1.82, 2.24) is 0 Å². The highest BCUT2D eigenvalue weighted by atomic mass is 32.3. The van der Waals surface area contributed by atoms with E-state index in [2.05, 4.69) is 4.18 Å². The first-order valence-corrected chi connectivity index (χ1v) is 4.25. The first-order valence-electron chi connectivity index (χ1n) is 4.89. The fourth-order valence-corrected chi connectivity index (χ4v) is 0.804. The van der Waals surface area contributed by atoms with Gasteiger partial charge < -0.3 is 4.18 Å². The monoisotopic (exact) mass is 192 g/mol. The van der Waals surface area contributed by atoms with E-state index in [1.807, 2.05) is 0 Å². The normalized spacial score (nSPS) is 15.8. The molecule has 0 bridgehead atoms. The summed E-state index contributed by atoms with van der Waals surface area (Å²) in [6, 6.07) is -2.15. The van der Waals surface area contributed by atoms with Gasteiger partial charge in [0.05, 0.1) is 5.48 Å². The summed E-state index contributed by atoms with van der Waals surface area (Å²) in [6.07, 6.45) is 0. The first kappa shape index (κ1) is 4.84. The van der Waals surface area contributed by atoms with E-state index < -0.39 is 40.3 Å². The average Bonchev–Trinajstić information content (AvgIpc) is 2.17. The molecule has 66 valence electrons. The van der Waals surface area contributed by atoms with E-state index in [1.165, 1.54) is 6.92 Å². The van der Waals surface area contributed by atoms with Gasteiger partial charge in [-0.1, -0.05) is 17.6 Å². The van der Waals surface area contributed by atoms with Crippen molar-refractivity contribution in [3.05, 3.63) is 29.7 Å². The number of hydrogen-bond acceptors (Lipinski definition) is 3. The van der Waals surface area contributed by atoms with Crippen LogP contribution in [0.1, 0.15) is 11.0 Å². The molecule has 4 nitrogen and oxygen atoms in total. The molecule has 0 amide bonds. The van der Waals surface area contributed by atoms with Gasteiger partial charge in [0.2, 0.25) is 0 Å². The summed E-state index contributed by atoms with van der Waals surface area (Å²) >= 11 is 0. The Hall–Kier alpha value is -1.07. The maximum Gasteiger partial charge on any atom is 0.446 e. The van der Waals surface area contributed by atoms with Crippen molar-refractivity contribution in [3.8, 4) is 5.75 Å². The van der Waals surface area contributed by atoms with E-state index in [1.54, 1.807) is 0 Å². The van der Waals surface area contributed by atoms with Gasteiger partial charge in [-0.2, -0.15) is 8.42 Å². The van der Waals surface area contributed by atoms with Gasteiger partial charge in [-0.05, 0) is 19.0 Å². The Kier molecular flexibility index (Phi) is 1.26. The summed E-state index contributed by atoms with van der Waals surface area (Å²) in [5.41, 5.74) is 0.0673. The fraction of sp³-hybridized carbons (Fsp3) is 0.143. The Balaban J connectivity index is 3.52. The van der Waals surface area contributed by atoms with Crippen molar-refractivity contribution < 1.29 is 22.6 Å². The van der Waals surface area contributed by atoms with Gasteiger partial charge in [0.15, 0.2) is 0 Å². The van der Waals surface area contributed by atoms with Crippen LogP contribution in [0.15, 0.2) is 24.2 Å². The topological polar surface area (TPSA) is 63.6 Å². The van der Waals surface area contributed by atoms with Gasteiger partial charge in [-0.3, -0.25) is 4.55 Å². The van der Waals surface area contributed by atoms with Gasteiger partial charge in [0, 0.05) is 0 Å². The van der Waals surface area contributed by atoms with E-state index >= 15 is 0 Å². The lowest BCUT2D eigenvalue weighted by molar-refractivity contribution is 0.387. The van der Waals surface area contributed by atoms with Crippen molar-refractivity contribution >= 4 is 10.4 Å². The van der Waals surface area contributed by atoms with Crippen LogP contribution in [-0.4, -0.2) is 13.0 Å². The number of rotatable bonds is 2. The summed E-state index contributed by atoms with van der Waals surface area (Å²) in [4.78, 5) is 0. The molecule has 0 unspecified atom stereocenters. The molecule has 0 aromatic heterocycles. The summed E-state index contributed by atoms with van der Waals surface area (Å²) in [6.45, 7) is 1.36. The third-order valence-corrected chi connectivity index (χ3v) is 1.29. The highest BCUT2D eigenvalue weighted by Gasteiger charge is 2.05. The molecule has 0 aliphatic heterocycles. The van der Waals surface area contributed by atoms with Crippen LogP contribution in [-0.2, 0) is 10.4 Å². The van der Waals surface area contributed by atoms with Crippen molar-refractivity contribution in [2.24, 2.45) is 0 Å². The van der Waals surface area contributed by atoms with Gasteiger partial charge >= 0.3 is 10.4 Å². The molecular formula is C7H8O4S. The molecule has 12 heavy (non-hydrogen) atoms. The molecule has 0 heterocycles. The molecule has 0 fully saturated rings. The largest absolute Gasteiger partial charge is 0.446 e. The van der Waals surface area contributed by atoms with Crippen LogP contribution in [0.5, 0.6) is 5.75 Å². The second-order valence-corrected chi connectivity index (χ2v) is 2.99. The van der Waals surface area contributed by atoms with Crippen molar-refractivity contribution in [2.45, 2.75) is 6.92 Å². The predicted molar refractivity (Wildman–Crippen MR) is 43.4 cm³/mol. The lowest BCUT2D eigenvalue weighted by atomic mass is 10.2. The molecule has 0 atom stereocenters. The summed E-state index contributed by atoms with van der Waals surface area (Å²) in [7, 11) is -4.88. The molecule has 1 rings (SSSR count). The first-order chi connectivity index (χ1) is 7.15. The van der Waals surface area contributed by atoms with E-state index in [4.69, 9.17) is 10.0 Å². The number of benzene rings is 1. The molecule has 1 aromatic carbocycles. The molecule has 5 heteroatoms. The van der Waals surface area contributed by atoms with Crippen LogP contribution >= 0.6 is 0 Å². The van der Waals surface area contributed by atoms with Crippen LogP contribution in [0.3, 0.4) is 0 Å². The molecular weight excluding hydrogens is 180 g/mol. The van der Waals surface area contributed by atoms with Gasteiger partial charge in [-0.15, -0.1) is 0 Å². The van der Waals surface area contributed by atoms with Crippen LogP contribution in [0, 0.1) is 6.92 Å². The van der Waals surface area contributed by atoms with Crippen LogP contribution in [0.2, 0.25) is 0 Å². The highest BCUT2D eigenvalue weighted by Crippen LogP contribution is 2.12. The standard InChI is InChI=1S/C7H8O4S/c1-6-2-4-7(5-3-6)11-12(8,9)10/h2-5H,1H3,(H,8,9,10)/i2D,3D,4D,5D.